The Hall–Kier alpha value is -3.46. The minimum absolute atomic E-state index is 0.200. The van der Waals surface area contributed by atoms with Gasteiger partial charge in [-0.15, -0.1) is 10.2 Å². The Labute approximate surface area is 151 Å². The Morgan fingerprint density at radius 2 is 1.73 bits per heavy atom. The number of hydrogen-bond donors (Lipinski definition) is 2. The zero-order valence-electron chi connectivity index (χ0n) is 13.2. The van der Waals surface area contributed by atoms with Gasteiger partial charge in [0.15, 0.2) is 0 Å². The lowest BCUT2D eigenvalue weighted by Gasteiger charge is -1.99. The third-order valence-electron chi connectivity index (χ3n) is 3.12. The second-order valence-corrected chi connectivity index (χ2v) is 5.96. The molecule has 3 aromatic rings. The summed E-state index contributed by atoms with van der Waals surface area (Å²) in [7, 11) is 0. The minimum Gasteiger partial charge on any atom is -0.292 e. The van der Waals surface area contributed by atoms with E-state index in [2.05, 4.69) is 26.0 Å². The summed E-state index contributed by atoms with van der Waals surface area (Å²) in [5.41, 5.74) is 3.52. The Morgan fingerprint density at radius 1 is 1.00 bits per heavy atom. The SMILES string of the molecule is O=C(NN=Cc1ccc(F)cc1)C(=O)Nc1nnc(-c2ccccc2)s1. The summed E-state index contributed by atoms with van der Waals surface area (Å²) in [5.74, 6) is -2.26. The van der Waals surface area contributed by atoms with Gasteiger partial charge >= 0.3 is 11.8 Å². The fourth-order valence-electron chi connectivity index (χ4n) is 1.89. The predicted octanol–water partition coefficient (Wildman–Crippen LogP) is 2.43. The smallest absolute Gasteiger partial charge is 0.292 e. The number of nitrogens with one attached hydrogen (secondary N) is 2. The van der Waals surface area contributed by atoms with Gasteiger partial charge in [-0.1, -0.05) is 53.8 Å². The Bertz CT molecular complexity index is 941. The van der Waals surface area contributed by atoms with Gasteiger partial charge in [0, 0.05) is 5.56 Å². The molecule has 0 unspecified atom stereocenters. The molecule has 0 radical (unpaired) electrons. The molecular weight excluding hydrogens is 357 g/mol. The van der Waals surface area contributed by atoms with Crippen molar-refractivity contribution in [2.24, 2.45) is 5.10 Å². The molecule has 0 aliphatic carbocycles. The van der Waals surface area contributed by atoms with Crippen molar-refractivity contribution in [2.75, 3.05) is 5.32 Å². The number of aromatic nitrogens is 2. The summed E-state index contributed by atoms with van der Waals surface area (Å²) in [5, 5.41) is 14.6. The molecule has 1 aromatic heterocycles. The van der Waals surface area contributed by atoms with Crippen LogP contribution in [0.3, 0.4) is 0 Å². The Kier molecular flexibility index (Phi) is 5.40. The Balaban J connectivity index is 1.55. The number of benzene rings is 2. The van der Waals surface area contributed by atoms with Crippen molar-refractivity contribution in [3.05, 3.63) is 66.0 Å². The maximum Gasteiger partial charge on any atom is 0.329 e. The lowest BCUT2D eigenvalue weighted by atomic mass is 10.2. The van der Waals surface area contributed by atoms with Gasteiger partial charge in [0.05, 0.1) is 6.21 Å². The van der Waals surface area contributed by atoms with Gasteiger partial charge in [0.1, 0.15) is 10.8 Å². The van der Waals surface area contributed by atoms with Crippen LogP contribution in [0.2, 0.25) is 0 Å². The Morgan fingerprint density at radius 3 is 2.46 bits per heavy atom. The van der Waals surface area contributed by atoms with Crippen LogP contribution in [0, 0.1) is 5.82 Å². The highest BCUT2D eigenvalue weighted by Crippen LogP contribution is 2.25. The van der Waals surface area contributed by atoms with E-state index in [1.54, 1.807) is 0 Å². The average molecular weight is 369 g/mol. The topological polar surface area (TPSA) is 96.3 Å². The van der Waals surface area contributed by atoms with Gasteiger partial charge in [-0.2, -0.15) is 5.10 Å². The van der Waals surface area contributed by atoms with E-state index in [9.17, 15) is 14.0 Å². The van der Waals surface area contributed by atoms with E-state index in [-0.39, 0.29) is 10.9 Å². The molecule has 0 aliphatic rings. The summed E-state index contributed by atoms with van der Waals surface area (Å²) < 4.78 is 12.8. The molecule has 130 valence electrons. The molecule has 26 heavy (non-hydrogen) atoms. The van der Waals surface area contributed by atoms with Crippen molar-refractivity contribution in [2.45, 2.75) is 0 Å². The van der Waals surface area contributed by atoms with Gasteiger partial charge in [0.25, 0.3) is 0 Å². The van der Waals surface area contributed by atoms with Crippen LogP contribution in [-0.4, -0.2) is 28.2 Å². The number of nitrogens with zero attached hydrogens (tertiary/aromatic N) is 3. The van der Waals surface area contributed by atoms with Crippen LogP contribution < -0.4 is 10.7 Å². The number of hydrazone groups is 1. The quantitative estimate of drug-likeness (QED) is 0.419. The molecule has 2 amide bonds. The van der Waals surface area contributed by atoms with Crippen LogP contribution in [0.4, 0.5) is 9.52 Å². The van der Waals surface area contributed by atoms with E-state index in [0.717, 1.165) is 16.9 Å². The molecule has 9 heteroatoms. The fraction of sp³-hybridized carbons (Fsp3) is 0. The fourth-order valence-corrected chi connectivity index (χ4v) is 2.63. The minimum atomic E-state index is -0.958. The maximum absolute atomic E-state index is 12.8. The second-order valence-electron chi connectivity index (χ2n) is 4.98. The molecular formula is C17H12FN5O2S. The molecule has 2 N–H and O–H groups in total. The summed E-state index contributed by atoms with van der Waals surface area (Å²) in [6.45, 7) is 0. The van der Waals surface area contributed by atoms with E-state index >= 15 is 0 Å². The van der Waals surface area contributed by atoms with E-state index in [1.807, 2.05) is 30.3 Å². The van der Waals surface area contributed by atoms with Crippen LogP contribution in [0.25, 0.3) is 10.6 Å². The molecule has 0 spiro atoms. The molecule has 7 nitrogen and oxygen atoms in total. The van der Waals surface area contributed by atoms with E-state index in [1.165, 1.54) is 30.5 Å². The number of carbonyl (C=O) groups is 2. The first-order chi connectivity index (χ1) is 12.6. The number of hydrogen-bond acceptors (Lipinski definition) is 6. The number of rotatable bonds is 4. The van der Waals surface area contributed by atoms with Crippen LogP contribution in [0.5, 0.6) is 0 Å². The van der Waals surface area contributed by atoms with E-state index < -0.39 is 11.8 Å². The van der Waals surface area contributed by atoms with E-state index in [4.69, 9.17) is 0 Å². The monoisotopic (exact) mass is 369 g/mol. The lowest BCUT2D eigenvalue weighted by molar-refractivity contribution is -0.136. The summed E-state index contributed by atoms with van der Waals surface area (Å²) in [4.78, 5) is 23.6. The van der Waals surface area contributed by atoms with Crippen LogP contribution in [-0.2, 0) is 9.59 Å². The van der Waals surface area contributed by atoms with E-state index in [0.29, 0.717) is 10.6 Å². The maximum atomic E-state index is 12.8. The van der Waals surface area contributed by atoms with Crippen LogP contribution >= 0.6 is 11.3 Å². The number of anilines is 1. The number of halogens is 1. The van der Waals surface area contributed by atoms with Gasteiger partial charge < -0.3 is 0 Å². The largest absolute Gasteiger partial charge is 0.329 e. The molecule has 0 saturated heterocycles. The first kappa shape index (κ1) is 17.4. The highest BCUT2D eigenvalue weighted by atomic mass is 32.1. The van der Waals surface area contributed by atoms with Gasteiger partial charge in [0.2, 0.25) is 5.13 Å². The molecule has 0 saturated carbocycles. The first-order valence-corrected chi connectivity index (χ1v) is 8.22. The van der Waals surface area contributed by atoms with Gasteiger partial charge in [-0.05, 0) is 17.7 Å². The zero-order chi connectivity index (χ0) is 18.4. The molecule has 1 heterocycles. The van der Waals surface area contributed by atoms with Gasteiger partial charge in [-0.3, -0.25) is 14.9 Å². The third kappa shape index (κ3) is 4.54. The summed E-state index contributed by atoms with van der Waals surface area (Å²) in [6, 6.07) is 14.8. The van der Waals surface area contributed by atoms with Crippen molar-refractivity contribution in [1.29, 1.82) is 0 Å². The van der Waals surface area contributed by atoms with Crippen LogP contribution in [0.15, 0.2) is 59.7 Å². The molecule has 0 aliphatic heterocycles. The van der Waals surface area contributed by atoms with Crippen molar-refractivity contribution in [1.82, 2.24) is 15.6 Å². The van der Waals surface area contributed by atoms with Gasteiger partial charge in [-0.25, -0.2) is 9.82 Å². The van der Waals surface area contributed by atoms with Crippen molar-refractivity contribution in [3.8, 4) is 10.6 Å². The zero-order valence-corrected chi connectivity index (χ0v) is 14.0. The number of carbonyl (C=O) groups excluding carboxylic acids is 2. The summed E-state index contributed by atoms with van der Waals surface area (Å²) in [6.07, 6.45) is 1.29. The standard InChI is InChI=1S/C17H12FN5O2S/c18-13-8-6-11(7-9-13)10-19-21-15(25)14(24)20-17-23-22-16(26-17)12-4-2-1-3-5-12/h1-10H,(H,21,25)(H,20,23,24). The highest BCUT2D eigenvalue weighted by Gasteiger charge is 2.16. The lowest BCUT2D eigenvalue weighted by Crippen LogP contribution is -2.32. The van der Waals surface area contributed by atoms with Crippen LogP contribution in [0.1, 0.15) is 5.56 Å². The average Bonchev–Trinajstić information content (AvgIpc) is 3.12. The molecule has 3 rings (SSSR count). The first-order valence-electron chi connectivity index (χ1n) is 7.41. The molecule has 0 atom stereocenters. The molecule has 2 aromatic carbocycles. The van der Waals surface area contributed by atoms with Crippen molar-refractivity contribution >= 4 is 34.5 Å². The highest BCUT2D eigenvalue weighted by molar-refractivity contribution is 7.18. The molecule has 0 bridgehead atoms. The van der Waals surface area contributed by atoms with Crippen molar-refractivity contribution < 1.29 is 14.0 Å². The summed E-state index contributed by atoms with van der Waals surface area (Å²) >= 11 is 1.15. The second kappa shape index (κ2) is 8.08. The molecule has 0 fully saturated rings. The predicted molar refractivity (Wildman–Crippen MR) is 96.1 cm³/mol. The number of amides is 2. The third-order valence-corrected chi connectivity index (χ3v) is 4.01. The normalized spacial score (nSPS) is 10.7. The van der Waals surface area contributed by atoms with Crippen molar-refractivity contribution in [3.63, 3.8) is 0 Å².